The van der Waals surface area contributed by atoms with E-state index in [2.05, 4.69) is 34.7 Å². The third-order valence-electron chi connectivity index (χ3n) is 3.66. The van der Waals surface area contributed by atoms with Gasteiger partial charge in [-0.3, -0.25) is 4.90 Å². The first-order valence-electron chi connectivity index (χ1n) is 6.47. The van der Waals surface area contributed by atoms with Crippen LogP contribution in [-0.4, -0.2) is 23.5 Å². The van der Waals surface area contributed by atoms with E-state index in [0.29, 0.717) is 6.04 Å². The Balaban J connectivity index is 2.37. The number of likely N-dealkylation sites (tertiary alicyclic amines) is 1. The van der Waals surface area contributed by atoms with Crippen molar-refractivity contribution in [2.45, 2.75) is 44.8 Å². The Labute approximate surface area is 116 Å². The predicted molar refractivity (Wildman–Crippen MR) is 75.9 cm³/mol. The van der Waals surface area contributed by atoms with Crippen LogP contribution in [0.25, 0.3) is 0 Å². The number of benzene rings is 1. The minimum Gasteiger partial charge on any atom is -0.326 e. The molecule has 1 heterocycles. The van der Waals surface area contributed by atoms with E-state index in [4.69, 9.17) is 5.73 Å². The van der Waals surface area contributed by atoms with Gasteiger partial charge in [-0.25, -0.2) is 4.39 Å². The number of hydrogen-bond acceptors (Lipinski definition) is 2. The van der Waals surface area contributed by atoms with Crippen LogP contribution in [0.15, 0.2) is 22.7 Å². The first-order valence-corrected chi connectivity index (χ1v) is 7.26. The van der Waals surface area contributed by atoms with Gasteiger partial charge >= 0.3 is 0 Å². The molecule has 1 aliphatic rings. The molecule has 0 saturated carbocycles. The molecule has 1 saturated heterocycles. The number of halogens is 2. The van der Waals surface area contributed by atoms with Gasteiger partial charge in [-0.1, -0.05) is 22.0 Å². The molecule has 1 aromatic carbocycles. The van der Waals surface area contributed by atoms with Gasteiger partial charge in [-0.15, -0.1) is 0 Å². The highest BCUT2D eigenvalue weighted by atomic mass is 79.9. The van der Waals surface area contributed by atoms with Gasteiger partial charge in [-0.05, 0) is 50.9 Å². The van der Waals surface area contributed by atoms with Crippen LogP contribution in [0, 0.1) is 5.82 Å². The van der Waals surface area contributed by atoms with E-state index in [1.807, 2.05) is 6.07 Å². The van der Waals surface area contributed by atoms with Gasteiger partial charge < -0.3 is 5.73 Å². The van der Waals surface area contributed by atoms with Crippen molar-refractivity contribution in [2.75, 3.05) is 6.54 Å². The molecule has 2 rings (SSSR count). The molecule has 0 spiro atoms. The Kier molecular flexibility index (Phi) is 4.41. The number of hydrogen-bond donors (Lipinski definition) is 1. The molecule has 100 valence electrons. The zero-order valence-corrected chi connectivity index (χ0v) is 12.5. The third-order valence-corrected chi connectivity index (χ3v) is 4.35. The van der Waals surface area contributed by atoms with Crippen LogP contribution in [0.1, 0.15) is 38.3 Å². The number of piperidine rings is 1. The molecule has 18 heavy (non-hydrogen) atoms. The second kappa shape index (κ2) is 5.68. The van der Waals surface area contributed by atoms with E-state index in [1.54, 1.807) is 0 Å². The predicted octanol–water partition coefficient (Wildman–Crippen LogP) is 3.46. The fourth-order valence-corrected chi connectivity index (χ4v) is 3.37. The largest absolute Gasteiger partial charge is 0.326 e. The van der Waals surface area contributed by atoms with Crippen molar-refractivity contribution in [2.24, 2.45) is 5.73 Å². The summed E-state index contributed by atoms with van der Waals surface area (Å²) in [5.41, 5.74) is 7.38. The molecule has 1 aliphatic heterocycles. The molecule has 2 unspecified atom stereocenters. The molecule has 4 heteroatoms. The van der Waals surface area contributed by atoms with E-state index in [0.717, 1.165) is 29.4 Å². The van der Waals surface area contributed by atoms with Crippen LogP contribution in [0.2, 0.25) is 0 Å². The van der Waals surface area contributed by atoms with E-state index < -0.39 is 0 Å². The maximum Gasteiger partial charge on any atom is 0.124 e. The summed E-state index contributed by atoms with van der Waals surface area (Å²) < 4.78 is 14.0. The lowest BCUT2D eigenvalue weighted by atomic mass is 9.90. The molecule has 0 aromatic heterocycles. The topological polar surface area (TPSA) is 29.3 Å². The zero-order valence-electron chi connectivity index (χ0n) is 10.9. The molecule has 0 amide bonds. The van der Waals surface area contributed by atoms with Gasteiger partial charge in [0.1, 0.15) is 5.82 Å². The van der Waals surface area contributed by atoms with Gasteiger partial charge in [-0.2, -0.15) is 0 Å². The lowest BCUT2D eigenvalue weighted by Crippen LogP contribution is -2.48. The lowest BCUT2D eigenvalue weighted by Gasteiger charge is -2.43. The summed E-state index contributed by atoms with van der Waals surface area (Å²) in [6, 6.07) is 5.62. The van der Waals surface area contributed by atoms with Crippen LogP contribution in [0.5, 0.6) is 0 Å². The zero-order chi connectivity index (χ0) is 13.3. The molecule has 0 bridgehead atoms. The molecule has 1 aromatic rings. The van der Waals surface area contributed by atoms with Gasteiger partial charge in [0.25, 0.3) is 0 Å². The van der Waals surface area contributed by atoms with Crippen LogP contribution < -0.4 is 5.73 Å². The van der Waals surface area contributed by atoms with Crippen molar-refractivity contribution in [3.63, 3.8) is 0 Å². The van der Waals surface area contributed by atoms with Crippen molar-refractivity contribution < 1.29 is 4.39 Å². The number of nitrogens with two attached hydrogens (primary N) is 1. The monoisotopic (exact) mass is 314 g/mol. The summed E-state index contributed by atoms with van der Waals surface area (Å²) in [4.78, 5) is 2.41. The Hall–Kier alpha value is -0.450. The molecule has 2 atom stereocenters. The normalized spacial score (nSPS) is 25.7. The van der Waals surface area contributed by atoms with Crippen molar-refractivity contribution in [3.05, 3.63) is 34.1 Å². The summed E-state index contributed by atoms with van der Waals surface area (Å²) in [6.07, 6.45) is 2.16. The van der Waals surface area contributed by atoms with Crippen molar-refractivity contribution in [3.8, 4) is 0 Å². The van der Waals surface area contributed by atoms with E-state index in [9.17, 15) is 4.39 Å². The van der Waals surface area contributed by atoms with E-state index in [-0.39, 0.29) is 17.9 Å². The average Bonchev–Trinajstić information content (AvgIpc) is 2.29. The quantitative estimate of drug-likeness (QED) is 0.905. The summed E-state index contributed by atoms with van der Waals surface area (Å²) in [7, 11) is 0. The fraction of sp³-hybridized carbons (Fsp3) is 0.571. The smallest absolute Gasteiger partial charge is 0.124 e. The first-order chi connectivity index (χ1) is 8.50. The van der Waals surface area contributed by atoms with Crippen molar-refractivity contribution in [1.29, 1.82) is 0 Å². The molecule has 2 nitrogen and oxygen atoms in total. The molecular formula is C14H20BrFN2. The summed E-state index contributed by atoms with van der Waals surface area (Å²) >= 11 is 3.46. The van der Waals surface area contributed by atoms with Crippen molar-refractivity contribution in [1.82, 2.24) is 4.90 Å². The van der Waals surface area contributed by atoms with Crippen molar-refractivity contribution >= 4 is 15.9 Å². The molecule has 1 fully saturated rings. The van der Waals surface area contributed by atoms with Gasteiger partial charge in [0.15, 0.2) is 0 Å². The van der Waals surface area contributed by atoms with Crippen LogP contribution in [0.4, 0.5) is 4.39 Å². The molecule has 0 aliphatic carbocycles. The second-order valence-corrected chi connectivity index (χ2v) is 6.10. The minimum absolute atomic E-state index is 0.114. The highest BCUT2D eigenvalue weighted by Crippen LogP contribution is 2.35. The highest BCUT2D eigenvalue weighted by molar-refractivity contribution is 9.10. The summed E-state index contributed by atoms with van der Waals surface area (Å²) in [5, 5.41) is 0. The van der Waals surface area contributed by atoms with Crippen LogP contribution in [-0.2, 0) is 0 Å². The standard InChI is InChI=1S/C14H20BrFN2/c1-9(2)18-7-3-4-13(17)14(18)11-6-5-10(16)8-12(11)15/h5-6,8-9,13-14H,3-4,7,17H2,1-2H3. The Morgan fingerprint density at radius 1 is 1.44 bits per heavy atom. The second-order valence-electron chi connectivity index (χ2n) is 5.25. The van der Waals surface area contributed by atoms with E-state index >= 15 is 0 Å². The maximum atomic E-state index is 13.2. The SMILES string of the molecule is CC(C)N1CCCC(N)C1c1ccc(F)cc1Br. The van der Waals surface area contributed by atoms with Gasteiger partial charge in [0.2, 0.25) is 0 Å². The Morgan fingerprint density at radius 3 is 2.78 bits per heavy atom. The van der Waals surface area contributed by atoms with Gasteiger partial charge in [0.05, 0.1) is 6.04 Å². The number of nitrogens with zero attached hydrogens (tertiary/aromatic N) is 1. The highest BCUT2D eigenvalue weighted by Gasteiger charge is 2.32. The first kappa shape index (κ1) is 14.0. The molecule has 0 radical (unpaired) electrons. The minimum atomic E-state index is -0.217. The van der Waals surface area contributed by atoms with Gasteiger partial charge in [0, 0.05) is 16.6 Å². The number of rotatable bonds is 2. The van der Waals surface area contributed by atoms with Crippen LogP contribution >= 0.6 is 15.9 Å². The van der Waals surface area contributed by atoms with Crippen LogP contribution in [0.3, 0.4) is 0 Å². The molecule has 2 N–H and O–H groups in total. The lowest BCUT2D eigenvalue weighted by molar-refractivity contribution is 0.0942. The fourth-order valence-electron chi connectivity index (χ4n) is 2.78. The molecular weight excluding hydrogens is 295 g/mol. The average molecular weight is 315 g/mol. The maximum absolute atomic E-state index is 13.2. The summed E-state index contributed by atoms with van der Waals surface area (Å²) in [5.74, 6) is -0.217. The Bertz CT molecular complexity index is 422. The van der Waals surface area contributed by atoms with E-state index in [1.165, 1.54) is 12.1 Å². The summed E-state index contributed by atoms with van der Waals surface area (Å²) in [6.45, 7) is 5.42. The third kappa shape index (κ3) is 2.76. The Morgan fingerprint density at radius 2 is 2.17 bits per heavy atom.